The Balaban J connectivity index is 1.62. The van der Waals surface area contributed by atoms with E-state index < -0.39 is 10.0 Å². The van der Waals surface area contributed by atoms with Gasteiger partial charge in [-0.05, 0) is 37.1 Å². The van der Waals surface area contributed by atoms with Crippen molar-refractivity contribution in [2.45, 2.75) is 23.5 Å². The van der Waals surface area contributed by atoms with Crippen molar-refractivity contribution < 1.29 is 13.2 Å². The molecule has 0 bridgehead atoms. The lowest BCUT2D eigenvalue weighted by Gasteiger charge is -2.13. The maximum absolute atomic E-state index is 12.5. The Kier molecular flexibility index (Phi) is 6.55. The highest BCUT2D eigenvalue weighted by Gasteiger charge is 2.28. The summed E-state index contributed by atoms with van der Waals surface area (Å²) in [4.78, 5) is 12.8. The average molecular weight is 469 g/mol. The summed E-state index contributed by atoms with van der Waals surface area (Å²) < 4.78 is 26.8. The summed E-state index contributed by atoms with van der Waals surface area (Å²) in [5.74, 6) is -0.357. The first kappa shape index (κ1) is 20.7. The Morgan fingerprint density at radius 1 is 1.11 bits per heavy atom. The summed E-state index contributed by atoms with van der Waals surface area (Å²) in [6.45, 7) is 1.09. The van der Waals surface area contributed by atoms with E-state index in [0.717, 1.165) is 24.2 Å². The van der Waals surface area contributed by atoms with Gasteiger partial charge >= 0.3 is 0 Å². The lowest BCUT2D eigenvalue weighted by Crippen LogP contribution is -2.30. The molecule has 0 atom stereocenters. The molecule has 0 radical (unpaired) electrons. The van der Waals surface area contributed by atoms with Gasteiger partial charge in [0.15, 0.2) is 0 Å². The first-order chi connectivity index (χ1) is 12.8. The highest BCUT2D eigenvalue weighted by Crippen LogP contribution is 2.33. The van der Waals surface area contributed by atoms with Gasteiger partial charge in [0.1, 0.15) is 4.21 Å². The van der Waals surface area contributed by atoms with E-state index in [-0.39, 0.29) is 26.6 Å². The molecule has 3 rings (SSSR count). The fourth-order valence-corrected chi connectivity index (χ4v) is 6.58. The molecule has 1 amide bonds. The molecule has 6 nitrogen and oxygen atoms in total. The fourth-order valence-electron chi connectivity index (χ4n) is 2.64. The third-order valence-corrected chi connectivity index (χ3v) is 8.23. The average Bonchev–Trinajstić information content (AvgIpc) is 3.26. The van der Waals surface area contributed by atoms with Crippen molar-refractivity contribution >= 4 is 67.8 Å². The second-order valence-corrected chi connectivity index (χ2v) is 10.5. The highest BCUT2D eigenvalue weighted by atomic mass is 35.5. The third-order valence-electron chi connectivity index (χ3n) is 3.96. The van der Waals surface area contributed by atoms with Gasteiger partial charge in [-0.2, -0.15) is 4.31 Å². The minimum atomic E-state index is -3.47. The summed E-state index contributed by atoms with van der Waals surface area (Å²) in [7, 11) is -3.47. The number of nitrogens with one attached hydrogen (secondary N) is 2. The van der Waals surface area contributed by atoms with Crippen LogP contribution in [0.1, 0.15) is 17.7 Å². The van der Waals surface area contributed by atoms with Crippen molar-refractivity contribution in [2.24, 2.45) is 0 Å². The number of amides is 1. The Morgan fingerprint density at radius 2 is 1.74 bits per heavy atom. The molecule has 11 heteroatoms. The Morgan fingerprint density at radius 3 is 2.37 bits per heavy atom. The van der Waals surface area contributed by atoms with Crippen LogP contribution in [0, 0.1) is 0 Å². The van der Waals surface area contributed by atoms with E-state index in [1.54, 1.807) is 12.1 Å². The summed E-state index contributed by atoms with van der Waals surface area (Å²) in [5, 5.41) is 0.915. The Hall–Kier alpha value is -1.03. The van der Waals surface area contributed by atoms with Gasteiger partial charge in [-0.3, -0.25) is 15.6 Å². The predicted molar refractivity (Wildman–Crippen MR) is 109 cm³/mol. The number of benzene rings is 1. The zero-order valence-corrected chi connectivity index (χ0v) is 17.9. The monoisotopic (exact) mass is 467 g/mol. The van der Waals surface area contributed by atoms with Gasteiger partial charge in [-0.1, -0.05) is 34.8 Å². The van der Waals surface area contributed by atoms with Crippen LogP contribution in [0.4, 0.5) is 5.69 Å². The maximum atomic E-state index is 12.5. The quantitative estimate of drug-likeness (QED) is 0.623. The zero-order chi connectivity index (χ0) is 19.6. The van der Waals surface area contributed by atoms with Crippen LogP contribution in [-0.4, -0.2) is 31.7 Å². The Bertz CT molecular complexity index is 934. The summed E-state index contributed by atoms with van der Waals surface area (Å²) >= 11 is 19.0. The molecule has 1 saturated heterocycles. The molecule has 2 N–H and O–H groups in total. The van der Waals surface area contributed by atoms with Gasteiger partial charge in [0.25, 0.3) is 10.0 Å². The number of hydrogen-bond acceptors (Lipinski definition) is 5. The van der Waals surface area contributed by atoms with Crippen molar-refractivity contribution in [2.75, 3.05) is 18.5 Å². The van der Waals surface area contributed by atoms with Gasteiger partial charge in [-0.25, -0.2) is 8.42 Å². The van der Waals surface area contributed by atoms with Crippen LogP contribution in [0.2, 0.25) is 15.1 Å². The molecule has 146 valence electrons. The molecule has 27 heavy (non-hydrogen) atoms. The lowest BCUT2D eigenvalue weighted by atomic mass is 10.3. The number of nitrogens with zero attached hydrogens (tertiary/aromatic N) is 1. The van der Waals surface area contributed by atoms with E-state index in [4.69, 9.17) is 34.8 Å². The Labute approximate surface area is 176 Å². The van der Waals surface area contributed by atoms with Crippen molar-refractivity contribution in [3.8, 4) is 0 Å². The molecule has 1 aromatic heterocycles. The molecule has 0 spiro atoms. The van der Waals surface area contributed by atoms with E-state index in [2.05, 4.69) is 10.9 Å². The SMILES string of the molecule is O=C(Cc1ccc(S(=O)(=O)N2CCCC2)s1)NNc1c(Cl)cc(Cl)cc1Cl. The number of thiophene rings is 1. The zero-order valence-electron chi connectivity index (χ0n) is 14.0. The van der Waals surface area contributed by atoms with E-state index in [0.29, 0.717) is 28.7 Å². The van der Waals surface area contributed by atoms with Crippen LogP contribution in [-0.2, 0) is 21.2 Å². The van der Waals surface area contributed by atoms with Crippen molar-refractivity contribution in [1.29, 1.82) is 0 Å². The number of rotatable bonds is 6. The molecule has 2 heterocycles. The molecule has 1 aliphatic rings. The van der Waals surface area contributed by atoms with Gasteiger partial charge < -0.3 is 0 Å². The standard InChI is InChI=1S/C16H16Cl3N3O3S2/c17-10-7-12(18)16(13(19)8-10)21-20-14(23)9-11-3-4-15(26-11)27(24,25)22-5-1-2-6-22/h3-4,7-8,21H,1-2,5-6,9H2,(H,20,23). The number of hydrazine groups is 1. The van der Waals surface area contributed by atoms with E-state index in [1.807, 2.05) is 0 Å². The second kappa shape index (κ2) is 8.55. The van der Waals surface area contributed by atoms with Crippen molar-refractivity contribution in [3.05, 3.63) is 44.2 Å². The van der Waals surface area contributed by atoms with Gasteiger partial charge in [0.2, 0.25) is 5.91 Å². The molecule has 2 aromatic rings. The molecule has 1 fully saturated rings. The second-order valence-electron chi connectivity index (χ2n) is 5.93. The van der Waals surface area contributed by atoms with Crippen LogP contribution < -0.4 is 10.9 Å². The first-order valence-electron chi connectivity index (χ1n) is 8.05. The molecule has 1 aliphatic heterocycles. The number of anilines is 1. The normalized spacial score (nSPS) is 15.1. The number of halogens is 3. The fraction of sp³-hybridized carbons (Fsp3) is 0.312. The van der Waals surface area contributed by atoms with Gasteiger partial charge in [0, 0.05) is 23.0 Å². The van der Waals surface area contributed by atoms with Crippen molar-refractivity contribution in [1.82, 2.24) is 9.73 Å². The van der Waals surface area contributed by atoms with Crippen LogP contribution in [0.3, 0.4) is 0 Å². The minimum Gasteiger partial charge on any atom is -0.296 e. The van der Waals surface area contributed by atoms with Crippen LogP contribution in [0.5, 0.6) is 0 Å². The number of carbonyl (C=O) groups is 1. The highest BCUT2D eigenvalue weighted by molar-refractivity contribution is 7.91. The van der Waals surface area contributed by atoms with Crippen LogP contribution >= 0.6 is 46.1 Å². The smallest absolute Gasteiger partial charge is 0.252 e. The molecule has 0 unspecified atom stereocenters. The van der Waals surface area contributed by atoms with E-state index in [9.17, 15) is 13.2 Å². The number of hydrogen-bond donors (Lipinski definition) is 2. The predicted octanol–water partition coefficient (Wildman–Crippen LogP) is 4.18. The first-order valence-corrected chi connectivity index (χ1v) is 11.4. The summed E-state index contributed by atoms with van der Waals surface area (Å²) in [5.41, 5.74) is 5.50. The maximum Gasteiger partial charge on any atom is 0.252 e. The van der Waals surface area contributed by atoms with Crippen molar-refractivity contribution in [3.63, 3.8) is 0 Å². The molecular weight excluding hydrogens is 453 g/mol. The van der Waals surface area contributed by atoms with E-state index >= 15 is 0 Å². The topological polar surface area (TPSA) is 78.5 Å². The molecule has 0 saturated carbocycles. The van der Waals surface area contributed by atoms with Crippen LogP contribution in [0.15, 0.2) is 28.5 Å². The lowest BCUT2D eigenvalue weighted by molar-refractivity contribution is -0.119. The molecular formula is C16H16Cl3N3O3S2. The number of sulfonamides is 1. The molecule has 1 aromatic carbocycles. The summed E-state index contributed by atoms with van der Waals surface area (Å²) in [6.07, 6.45) is 1.78. The summed E-state index contributed by atoms with van der Waals surface area (Å²) in [6, 6.07) is 6.19. The largest absolute Gasteiger partial charge is 0.296 e. The van der Waals surface area contributed by atoms with Gasteiger partial charge in [-0.15, -0.1) is 11.3 Å². The minimum absolute atomic E-state index is 0.0238. The van der Waals surface area contributed by atoms with Gasteiger partial charge in [0.05, 0.1) is 22.2 Å². The van der Waals surface area contributed by atoms with Crippen LogP contribution in [0.25, 0.3) is 0 Å². The third kappa shape index (κ3) is 4.88. The molecule has 0 aliphatic carbocycles. The number of carbonyl (C=O) groups excluding carboxylic acids is 1. The van der Waals surface area contributed by atoms with E-state index in [1.165, 1.54) is 16.4 Å².